The number of rotatable bonds is 1. The highest BCUT2D eigenvalue weighted by atomic mass is 15.1. The molecule has 0 saturated carbocycles. The van der Waals surface area contributed by atoms with Gasteiger partial charge in [0.1, 0.15) is 0 Å². The maximum Gasteiger partial charge on any atom is 0.0719 e. The second-order valence-electron chi connectivity index (χ2n) is 8.00. The van der Waals surface area contributed by atoms with E-state index in [1.165, 1.54) is 39.0 Å². The molecule has 132 valence electrons. The molecule has 6 rings (SSSR count). The second-order valence-corrected chi connectivity index (χ2v) is 8.00. The Kier molecular flexibility index (Phi) is 3.07. The fraction of sp³-hybridized carbons (Fsp3) is 0.200. The Hall–Kier alpha value is -3.00. The number of aryl methyl sites for hydroxylation is 1. The molecule has 2 heteroatoms. The van der Waals surface area contributed by atoms with E-state index in [1.807, 2.05) is 0 Å². The fourth-order valence-corrected chi connectivity index (χ4v) is 5.26. The molecular weight excluding hydrogens is 328 g/mol. The summed E-state index contributed by atoms with van der Waals surface area (Å²) in [4.78, 5) is 0. The molecule has 2 nitrogen and oxygen atoms in total. The van der Waals surface area contributed by atoms with Crippen LogP contribution in [-0.4, -0.2) is 4.57 Å². The van der Waals surface area contributed by atoms with Gasteiger partial charge in [0.15, 0.2) is 0 Å². The summed E-state index contributed by atoms with van der Waals surface area (Å²) in [5.41, 5.74) is 8.27. The topological polar surface area (TPSA) is 17.0 Å². The number of para-hydroxylation sites is 1. The zero-order valence-electron chi connectivity index (χ0n) is 15.4. The molecule has 27 heavy (non-hydrogen) atoms. The molecule has 0 spiro atoms. The van der Waals surface area contributed by atoms with Crippen molar-refractivity contribution in [3.05, 3.63) is 101 Å². The van der Waals surface area contributed by atoms with E-state index in [1.54, 1.807) is 0 Å². The first-order valence-corrected chi connectivity index (χ1v) is 9.80. The molecule has 3 atom stereocenters. The number of aromatic nitrogens is 1. The normalized spacial score (nSPS) is 22.8. The van der Waals surface area contributed by atoms with Crippen LogP contribution in [0.3, 0.4) is 0 Å². The quantitative estimate of drug-likeness (QED) is 0.454. The molecule has 4 aromatic rings. The standard InChI is InChI=1S/C25H22N2/c1-16-11-12-21-19(13-16)24(17-7-3-2-4-8-17)20-15-27-22-10-6-5-9-18(22)14-23(27)25(20)26-21/h2-14,20,24-26H,15H2,1H3/t20-,24-,25-/m0/s1. The number of anilines is 1. The van der Waals surface area contributed by atoms with E-state index in [0.29, 0.717) is 17.9 Å². The molecule has 1 aromatic heterocycles. The monoisotopic (exact) mass is 350 g/mol. The minimum absolute atomic E-state index is 0.359. The maximum atomic E-state index is 3.88. The Balaban J connectivity index is 1.56. The lowest BCUT2D eigenvalue weighted by atomic mass is 9.74. The zero-order chi connectivity index (χ0) is 18.0. The van der Waals surface area contributed by atoms with Gasteiger partial charge in [0.2, 0.25) is 0 Å². The number of nitrogens with zero attached hydrogens (tertiary/aromatic N) is 1. The minimum Gasteiger partial charge on any atom is -0.376 e. The summed E-state index contributed by atoms with van der Waals surface area (Å²) in [6, 6.07) is 29.4. The van der Waals surface area contributed by atoms with Gasteiger partial charge in [0.05, 0.1) is 6.04 Å². The average molecular weight is 350 g/mol. The van der Waals surface area contributed by atoms with E-state index >= 15 is 0 Å². The van der Waals surface area contributed by atoms with Crippen LogP contribution >= 0.6 is 0 Å². The molecule has 3 heterocycles. The maximum absolute atomic E-state index is 3.88. The summed E-state index contributed by atoms with van der Waals surface area (Å²) in [5.74, 6) is 0.951. The summed E-state index contributed by atoms with van der Waals surface area (Å²) in [5, 5.41) is 5.23. The summed E-state index contributed by atoms with van der Waals surface area (Å²) >= 11 is 0. The van der Waals surface area contributed by atoms with Crippen molar-refractivity contribution in [2.75, 3.05) is 5.32 Å². The number of nitrogens with one attached hydrogen (secondary N) is 1. The van der Waals surface area contributed by atoms with Gasteiger partial charge in [-0.1, -0.05) is 66.2 Å². The summed E-state index contributed by atoms with van der Waals surface area (Å²) in [6.45, 7) is 3.26. The van der Waals surface area contributed by atoms with Crippen LogP contribution in [0.1, 0.15) is 34.3 Å². The van der Waals surface area contributed by atoms with Gasteiger partial charge in [-0.3, -0.25) is 0 Å². The number of benzene rings is 3. The van der Waals surface area contributed by atoms with E-state index in [2.05, 4.69) is 95.7 Å². The zero-order valence-corrected chi connectivity index (χ0v) is 15.4. The lowest BCUT2D eigenvalue weighted by Crippen LogP contribution is -2.30. The van der Waals surface area contributed by atoms with Gasteiger partial charge < -0.3 is 9.88 Å². The van der Waals surface area contributed by atoms with Crippen molar-refractivity contribution < 1.29 is 0 Å². The van der Waals surface area contributed by atoms with E-state index in [4.69, 9.17) is 0 Å². The van der Waals surface area contributed by atoms with E-state index in [-0.39, 0.29) is 0 Å². The lowest BCUT2D eigenvalue weighted by Gasteiger charge is -2.37. The molecule has 0 radical (unpaired) electrons. The predicted octanol–water partition coefficient (Wildman–Crippen LogP) is 5.88. The molecule has 0 bridgehead atoms. The van der Waals surface area contributed by atoms with Crippen LogP contribution in [0, 0.1) is 12.8 Å². The van der Waals surface area contributed by atoms with Crippen LogP contribution < -0.4 is 5.32 Å². The third-order valence-electron chi connectivity index (χ3n) is 6.42. The van der Waals surface area contributed by atoms with Gasteiger partial charge in [-0.15, -0.1) is 0 Å². The van der Waals surface area contributed by atoms with E-state index in [9.17, 15) is 0 Å². The van der Waals surface area contributed by atoms with Gasteiger partial charge in [-0.25, -0.2) is 0 Å². The average Bonchev–Trinajstić information content (AvgIpc) is 3.23. The van der Waals surface area contributed by atoms with E-state index < -0.39 is 0 Å². The molecule has 0 fully saturated rings. The van der Waals surface area contributed by atoms with Crippen molar-refractivity contribution in [3.63, 3.8) is 0 Å². The van der Waals surface area contributed by atoms with Crippen LogP contribution in [0.4, 0.5) is 5.69 Å². The second kappa shape index (κ2) is 5.50. The summed E-state index contributed by atoms with van der Waals surface area (Å²) in [6.07, 6.45) is 0. The van der Waals surface area contributed by atoms with E-state index in [0.717, 1.165) is 6.54 Å². The molecule has 2 aliphatic rings. The Morgan fingerprint density at radius 3 is 2.59 bits per heavy atom. The number of hydrogen-bond acceptors (Lipinski definition) is 1. The predicted molar refractivity (Wildman–Crippen MR) is 111 cm³/mol. The van der Waals surface area contributed by atoms with Crippen molar-refractivity contribution in [3.8, 4) is 0 Å². The fourth-order valence-electron chi connectivity index (χ4n) is 5.26. The van der Waals surface area contributed by atoms with Gasteiger partial charge >= 0.3 is 0 Å². The molecule has 0 aliphatic carbocycles. The molecule has 0 amide bonds. The third kappa shape index (κ3) is 2.13. The Morgan fingerprint density at radius 2 is 1.70 bits per heavy atom. The first-order valence-electron chi connectivity index (χ1n) is 9.80. The first-order chi connectivity index (χ1) is 13.3. The van der Waals surface area contributed by atoms with Crippen molar-refractivity contribution in [2.24, 2.45) is 5.92 Å². The van der Waals surface area contributed by atoms with Crippen LogP contribution in [-0.2, 0) is 6.54 Å². The van der Waals surface area contributed by atoms with Gasteiger partial charge in [-0.05, 0) is 41.6 Å². The molecule has 3 aromatic carbocycles. The summed E-state index contributed by atoms with van der Waals surface area (Å²) < 4.78 is 2.53. The Labute approximate surface area is 159 Å². The number of fused-ring (bicyclic) bond motifs is 6. The smallest absolute Gasteiger partial charge is 0.0719 e. The lowest BCUT2D eigenvalue weighted by molar-refractivity contribution is 0.403. The highest BCUT2D eigenvalue weighted by Gasteiger charge is 2.43. The first kappa shape index (κ1) is 15.1. The highest BCUT2D eigenvalue weighted by Crippen LogP contribution is 2.52. The Bertz CT molecular complexity index is 1160. The largest absolute Gasteiger partial charge is 0.376 e. The van der Waals surface area contributed by atoms with Gasteiger partial charge in [-0.2, -0.15) is 0 Å². The Morgan fingerprint density at radius 1 is 0.889 bits per heavy atom. The van der Waals surface area contributed by atoms with Crippen molar-refractivity contribution >= 4 is 16.6 Å². The third-order valence-corrected chi connectivity index (χ3v) is 6.42. The molecule has 1 N–H and O–H groups in total. The molecule has 0 unspecified atom stereocenters. The van der Waals surface area contributed by atoms with Crippen molar-refractivity contribution in [1.29, 1.82) is 0 Å². The van der Waals surface area contributed by atoms with Crippen LogP contribution in [0.15, 0.2) is 78.9 Å². The van der Waals surface area contributed by atoms with Crippen molar-refractivity contribution in [1.82, 2.24) is 4.57 Å². The molecular formula is C25H22N2. The van der Waals surface area contributed by atoms with Crippen LogP contribution in [0.2, 0.25) is 0 Å². The summed E-state index contributed by atoms with van der Waals surface area (Å²) in [7, 11) is 0. The van der Waals surface area contributed by atoms with Crippen LogP contribution in [0.5, 0.6) is 0 Å². The minimum atomic E-state index is 0.359. The number of hydrogen-bond donors (Lipinski definition) is 1. The highest BCUT2D eigenvalue weighted by molar-refractivity contribution is 5.82. The molecule has 2 aliphatic heterocycles. The van der Waals surface area contributed by atoms with Gasteiger partial charge in [0.25, 0.3) is 0 Å². The van der Waals surface area contributed by atoms with Crippen molar-refractivity contribution in [2.45, 2.75) is 25.4 Å². The van der Waals surface area contributed by atoms with Gasteiger partial charge in [0, 0.05) is 35.3 Å². The van der Waals surface area contributed by atoms with Crippen LogP contribution in [0.25, 0.3) is 10.9 Å². The molecule has 0 saturated heterocycles. The SMILES string of the molecule is Cc1ccc2c(c1)[C@H](c1ccccc1)[C@@H]1Cn3c(cc4ccccc43)[C@H]1N2.